The topological polar surface area (TPSA) is 130 Å². The van der Waals surface area contributed by atoms with Gasteiger partial charge in [-0.1, -0.05) is 30.3 Å². The Morgan fingerprint density at radius 1 is 0.595 bits per heavy atom. The Bertz CT molecular complexity index is 1520. The van der Waals surface area contributed by atoms with E-state index in [9.17, 15) is 20.8 Å². The zero-order valence-electron chi connectivity index (χ0n) is 23.7. The lowest BCUT2D eigenvalue weighted by Gasteiger charge is -2.29. The Kier molecular flexibility index (Phi) is 8.41. The molecule has 0 radical (unpaired) electrons. The summed E-state index contributed by atoms with van der Waals surface area (Å²) in [6, 6.07) is 23.6. The third-order valence-electron chi connectivity index (χ3n) is 7.99. The highest BCUT2D eigenvalue weighted by atomic mass is 16.8. The molecule has 0 bridgehead atoms. The molecule has 3 unspecified atom stereocenters. The van der Waals surface area contributed by atoms with Gasteiger partial charge in [-0.05, 0) is 88.7 Å². The highest BCUT2D eigenvalue weighted by Gasteiger charge is 2.43. The van der Waals surface area contributed by atoms with Crippen LogP contribution in [0.25, 0.3) is 0 Å². The third kappa shape index (κ3) is 5.40. The summed E-state index contributed by atoms with van der Waals surface area (Å²) >= 11 is 0. The average Bonchev–Trinajstić information content (AvgIpc) is 3.32. The predicted octanol–water partition coefficient (Wildman–Crippen LogP) is 6.36. The van der Waals surface area contributed by atoms with Gasteiger partial charge < -0.3 is 39.8 Å². The number of hydrogen-bond acceptors (Lipinski definition) is 10. The number of benzene rings is 4. The minimum absolute atomic E-state index is 0.0791. The van der Waals surface area contributed by atoms with E-state index in [0.717, 1.165) is 27.8 Å². The molecule has 4 aromatic rings. The molecular formula is C32H32N2O8-2. The maximum Gasteiger partial charge on any atom is 0.161 e. The summed E-state index contributed by atoms with van der Waals surface area (Å²) in [5, 5.41) is 41.4. The van der Waals surface area contributed by atoms with Crippen LogP contribution in [0.4, 0.5) is 11.4 Å². The fourth-order valence-corrected chi connectivity index (χ4v) is 6.05. The molecule has 1 aliphatic carbocycles. The first kappa shape index (κ1) is 29.0. The van der Waals surface area contributed by atoms with Crippen LogP contribution in [0, 0.1) is 10.4 Å². The Labute approximate surface area is 243 Å². The van der Waals surface area contributed by atoms with E-state index in [-0.39, 0.29) is 39.6 Å². The van der Waals surface area contributed by atoms with Gasteiger partial charge in [-0.3, -0.25) is 10.4 Å². The van der Waals surface area contributed by atoms with Crippen molar-refractivity contribution in [1.82, 2.24) is 0 Å². The van der Waals surface area contributed by atoms with Crippen molar-refractivity contribution in [3.63, 3.8) is 0 Å². The largest absolute Gasteiger partial charge is 0.733 e. The standard InChI is InChI=1S/C32H32N2O8/c1-39-27-14-9-21(16-28(27)40-2)32-26-18-30(42-4)29(41-3)17-24(26)25(15-19-5-10-22(11-6-19)33(35)36)31(32)20-7-12-23(13-8-20)34(37)38/h5-14,16-18,25,31-32,35,37H,15H2,1-4H3/q-2. The van der Waals surface area contributed by atoms with Crippen LogP contribution in [0.1, 0.15) is 45.6 Å². The van der Waals surface area contributed by atoms with Crippen LogP contribution >= 0.6 is 0 Å². The van der Waals surface area contributed by atoms with E-state index in [2.05, 4.69) is 0 Å². The van der Waals surface area contributed by atoms with Gasteiger partial charge in [0.15, 0.2) is 23.0 Å². The monoisotopic (exact) mass is 572 g/mol. The molecule has 0 aromatic heterocycles. The van der Waals surface area contributed by atoms with Crippen LogP contribution in [-0.2, 0) is 6.42 Å². The van der Waals surface area contributed by atoms with Crippen LogP contribution in [0.3, 0.4) is 0 Å². The molecule has 2 N–H and O–H groups in total. The minimum atomic E-state index is -0.165. The molecule has 4 aromatic carbocycles. The van der Waals surface area contributed by atoms with Crippen molar-refractivity contribution < 1.29 is 29.4 Å². The Balaban J connectivity index is 1.72. The van der Waals surface area contributed by atoms with Gasteiger partial charge in [0.1, 0.15) is 0 Å². The van der Waals surface area contributed by atoms with E-state index < -0.39 is 0 Å². The van der Waals surface area contributed by atoms with E-state index in [1.54, 1.807) is 52.7 Å². The normalized spacial score (nSPS) is 17.4. The van der Waals surface area contributed by atoms with Crippen molar-refractivity contribution in [3.05, 3.63) is 117 Å². The van der Waals surface area contributed by atoms with Crippen molar-refractivity contribution in [2.75, 3.05) is 38.9 Å². The summed E-state index contributed by atoms with van der Waals surface area (Å²) < 4.78 is 22.6. The summed E-state index contributed by atoms with van der Waals surface area (Å²) in [5.74, 6) is 2.03. The second kappa shape index (κ2) is 12.2. The van der Waals surface area contributed by atoms with E-state index >= 15 is 0 Å². The summed E-state index contributed by atoms with van der Waals surface area (Å²) in [6.07, 6.45) is 0.594. The number of methoxy groups -OCH3 is 4. The molecule has 0 fully saturated rings. The molecule has 1 aliphatic rings. The van der Waals surface area contributed by atoms with Gasteiger partial charge in [0.2, 0.25) is 0 Å². The molecule has 10 nitrogen and oxygen atoms in total. The van der Waals surface area contributed by atoms with Crippen molar-refractivity contribution in [2.45, 2.75) is 24.2 Å². The van der Waals surface area contributed by atoms with Gasteiger partial charge in [0, 0.05) is 11.8 Å². The van der Waals surface area contributed by atoms with Gasteiger partial charge in [0.05, 0.1) is 39.8 Å². The lowest BCUT2D eigenvalue weighted by molar-refractivity contribution is 0.296. The van der Waals surface area contributed by atoms with Crippen molar-refractivity contribution in [2.24, 2.45) is 0 Å². The summed E-state index contributed by atoms with van der Waals surface area (Å²) in [4.78, 5) is 0. The molecule has 5 rings (SSSR count). The molecule has 0 spiro atoms. The second-order valence-electron chi connectivity index (χ2n) is 10.1. The van der Waals surface area contributed by atoms with Crippen molar-refractivity contribution >= 4 is 11.4 Å². The van der Waals surface area contributed by atoms with E-state index in [4.69, 9.17) is 18.9 Å². The van der Waals surface area contributed by atoms with Crippen LogP contribution in [0.15, 0.2) is 78.9 Å². The smallest absolute Gasteiger partial charge is 0.161 e. The first-order valence-corrected chi connectivity index (χ1v) is 13.3. The molecule has 0 saturated carbocycles. The van der Waals surface area contributed by atoms with Crippen LogP contribution in [-0.4, -0.2) is 38.9 Å². The Hall–Kier alpha value is -4.48. The van der Waals surface area contributed by atoms with Crippen LogP contribution in [0.5, 0.6) is 23.0 Å². The summed E-state index contributed by atoms with van der Waals surface area (Å²) in [6.45, 7) is 0. The quantitative estimate of drug-likeness (QED) is 0.207. The molecule has 3 atom stereocenters. The van der Waals surface area contributed by atoms with Crippen LogP contribution in [0.2, 0.25) is 0 Å². The highest BCUT2D eigenvalue weighted by molar-refractivity contribution is 5.60. The fraction of sp³-hybridized carbons (Fsp3) is 0.250. The number of nitrogens with zero attached hydrogens (tertiary/aromatic N) is 2. The molecule has 220 valence electrons. The van der Waals surface area contributed by atoms with Crippen molar-refractivity contribution in [3.8, 4) is 23.0 Å². The zero-order chi connectivity index (χ0) is 30.0. The lowest BCUT2D eigenvalue weighted by Crippen LogP contribution is -2.15. The molecule has 10 heteroatoms. The molecule has 0 heterocycles. The van der Waals surface area contributed by atoms with E-state index in [1.807, 2.05) is 54.6 Å². The van der Waals surface area contributed by atoms with E-state index in [0.29, 0.717) is 29.4 Å². The maximum absolute atomic E-state index is 11.6. The second-order valence-corrected chi connectivity index (χ2v) is 10.1. The number of rotatable bonds is 10. The maximum atomic E-state index is 11.6. The predicted molar refractivity (Wildman–Crippen MR) is 158 cm³/mol. The van der Waals surface area contributed by atoms with Crippen LogP contribution < -0.4 is 29.4 Å². The van der Waals surface area contributed by atoms with Gasteiger partial charge in [-0.15, -0.1) is 0 Å². The Morgan fingerprint density at radius 3 is 1.60 bits per heavy atom. The third-order valence-corrected chi connectivity index (χ3v) is 7.99. The van der Waals surface area contributed by atoms with Gasteiger partial charge in [-0.25, -0.2) is 0 Å². The fourth-order valence-electron chi connectivity index (χ4n) is 6.05. The average molecular weight is 573 g/mol. The Morgan fingerprint density at radius 2 is 1.07 bits per heavy atom. The SMILES string of the molecule is COc1ccc(C2c3cc(OC)c(OC)cc3C(Cc3ccc(N([O-])O)cc3)C2c2ccc(N([O-])O)cc2)cc1OC. The lowest BCUT2D eigenvalue weighted by atomic mass is 9.76. The zero-order valence-corrected chi connectivity index (χ0v) is 23.7. The van der Waals surface area contributed by atoms with Gasteiger partial charge >= 0.3 is 0 Å². The van der Waals surface area contributed by atoms with E-state index in [1.165, 1.54) is 0 Å². The molecular weight excluding hydrogens is 540 g/mol. The summed E-state index contributed by atoms with van der Waals surface area (Å²) in [7, 11) is 6.39. The first-order chi connectivity index (χ1) is 20.3. The molecule has 42 heavy (non-hydrogen) atoms. The summed E-state index contributed by atoms with van der Waals surface area (Å²) in [5.41, 5.74) is 5.27. The number of anilines is 2. The van der Waals surface area contributed by atoms with Gasteiger partial charge in [-0.2, -0.15) is 0 Å². The molecule has 0 amide bonds. The number of ether oxygens (including phenoxy) is 4. The first-order valence-electron chi connectivity index (χ1n) is 13.3. The molecule has 0 aliphatic heterocycles. The van der Waals surface area contributed by atoms with Crippen molar-refractivity contribution in [1.29, 1.82) is 0 Å². The highest BCUT2D eigenvalue weighted by Crippen LogP contribution is 2.58. The minimum Gasteiger partial charge on any atom is -0.733 e. The number of hydrogen-bond donors (Lipinski definition) is 2. The van der Waals surface area contributed by atoms with Gasteiger partial charge in [0.25, 0.3) is 0 Å². The molecule has 0 saturated heterocycles. The number of fused-ring (bicyclic) bond motifs is 1.